The molecule has 2 aromatic carbocycles. The molecule has 2 rings (SSSR count). The van der Waals surface area contributed by atoms with Crippen molar-refractivity contribution in [3.63, 3.8) is 0 Å². The number of thioether (sulfide) groups is 1. The first-order valence-corrected chi connectivity index (χ1v) is 8.29. The van der Waals surface area contributed by atoms with E-state index in [2.05, 4.69) is 10.1 Å². The number of carbonyl (C=O) groups is 1. The van der Waals surface area contributed by atoms with Gasteiger partial charge in [-0.05, 0) is 36.4 Å². The lowest BCUT2D eigenvalue weighted by molar-refractivity contribution is -0.112. The first-order chi connectivity index (χ1) is 12.9. The number of nitrogens with zero attached hydrogens (tertiary/aromatic N) is 1. The minimum Gasteiger partial charge on any atom is -0.434 e. The zero-order valence-corrected chi connectivity index (χ0v) is 14.4. The number of rotatable bonds is 7. The molecule has 0 bridgehead atoms. The molecule has 1 amide bonds. The third-order valence-corrected chi connectivity index (χ3v) is 3.86. The molecule has 0 atom stereocenters. The van der Waals surface area contributed by atoms with Gasteiger partial charge in [-0.25, -0.2) is 0 Å². The maximum atomic E-state index is 12.4. The first-order valence-electron chi connectivity index (χ1n) is 7.41. The Balaban J connectivity index is 2.17. The molecular formula is C18H12F4N2O2S. The van der Waals surface area contributed by atoms with Crippen molar-refractivity contribution in [1.82, 2.24) is 0 Å². The van der Waals surface area contributed by atoms with Crippen LogP contribution in [0.1, 0.15) is 5.56 Å². The second kappa shape index (κ2) is 9.64. The topological polar surface area (TPSA) is 62.1 Å². The largest absolute Gasteiger partial charge is 0.434 e. The molecule has 0 saturated carbocycles. The molecule has 2 aromatic rings. The summed E-state index contributed by atoms with van der Waals surface area (Å²) in [6, 6.07) is 13.0. The normalized spacial score (nSPS) is 11.4. The molecule has 140 valence electrons. The highest BCUT2D eigenvalue weighted by atomic mass is 32.2. The molecule has 1 N–H and O–H groups in total. The number of nitriles is 1. The van der Waals surface area contributed by atoms with Crippen molar-refractivity contribution in [2.75, 3.05) is 5.32 Å². The average Bonchev–Trinajstić information content (AvgIpc) is 2.61. The fourth-order valence-electron chi connectivity index (χ4n) is 2.03. The van der Waals surface area contributed by atoms with E-state index < -0.39 is 18.3 Å². The summed E-state index contributed by atoms with van der Waals surface area (Å²) in [7, 11) is 0. The van der Waals surface area contributed by atoms with Gasteiger partial charge in [0.25, 0.3) is 11.7 Å². The van der Waals surface area contributed by atoms with E-state index in [0.29, 0.717) is 16.7 Å². The molecule has 0 heterocycles. The Morgan fingerprint density at radius 2 is 1.78 bits per heavy atom. The molecule has 0 aliphatic heterocycles. The smallest absolute Gasteiger partial charge is 0.387 e. The van der Waals surface area contributed by atoms with E-state index in [1.54, 1.807) is 6.07 Å². The summed E-state index contributed by atoms with van der Waals surface area (Å²) in [5.41, 5.74) is 0.0800. The van der Waals surface area contributed by atoms with Crippen LogP contribution in [0.3, 0.4) is 0 Å². The zero-order valence-electron chi connectivity index (χ0n) is 13.5. The van der Waals surface area contributed by atoms with Gasteiger partial charge in [0.1, 0.15) is 17.4 Å². The number of nitrogens with one attached hydrogen (secondary N) is 1. The minimum atomic E-state index is -3.05. The summed E-state index contributed by atoms with van der Waals surface area (Å²) in [6.07, 6.45) is 1.12. The Kier molecular flexibility index (Phi) is 7.25. The van der Waals surface area contributed by atoms with Crippen LogP contribution in [0.25, 0.3) is 6.08 Å². The van der Waals surface area contributed by atoms with Gasteiger partial charge in [-0.1, -0.05) is 30.0 Å². The number of halogens is 4. The predicted octanol–water partition coefficient (Wildman–Crippen LogP) is 5.15. The van der Waals surface area contributed by atoms with Gasteiger partial charge in [-0.15, -0.1) is 0 Å². The number of benzene rings is 2. The van der Waals surface area contributed by atoms with Crippen LogP contribution in [0.2, 0.25) is 0 Å². The average molecular weight is 396 g/mol. The Morgan fingerprint density at radius 3 is 2.37 bits per heavy atom. The van der Waals surface area contributed by atoms with Crippen LogP contribution in [0.5, 0.6) is 5.75 Å². The van der Waals surface area contributed by atoms with Crippen LogP contribution in [-0.2, 0) is 4.79 Å². The molecule has 0 aromatic heterocycles. The molecule has 27 heavy (non-hydrogen) atoms. The maximum Gasteiger partial charge on any atom is 0.387 e. The predicted molar refractivity (Wildman–Crippen MR) is 93.6 cm³/mol. The van der Waals surface area contributed by atoms with E-state index >= 15 is 0 Å². The molecule has 0 fully saturated rings. The van der Waals surface area contributed by atoms with Gasteiger partial charge >= 0.3 is 6.61 Å². The Hall–Kier alpha value is -2.99. The summed E-state index contributed by atoms with van der Waals surface area (Å²) in [4.78, 5) is 12.5. The number of amides is 1. The van der Waals surface area contributed by atoms with E-state index in [4.69, 9.17) is 0 Å². The Bertz CT molecular complexity index is 864. The maximum absolute atomic E-state index is 12.4. The van der Waals surface area contributed by atoms with Crippen molar-refractivity contribution in [1.29, 1.82) is 5.26 Å². The molecular weight excluding hydrogens is 384 g/mol. The number of hydrogen-bond acceptors (Lipinski definition) is 4. The molecule has 0 aliphatic rings. The van der Waals surface area contributed by atoms with E-state index in [9.17, 15) is 27.6 Å². The van der Waals surface area contributed by atoms with Crippen LogP contribution in [0, 0.1) is 11.3 Å². The number of carbonyl (C=O) groups excluding carboxylic acids is 1. The van der Waals surface area contributed by atoms with Crippen LogP contribution in [-0.4, -0.2) is 18.3 Å². The number of alkyl halides is 4. The van der Waals surface area contributed by atoms with Crippen molar-refractivity contribution < 1.29 is 27.1 Å². The fourth-order valence-corrected chi connectivity index (χ4v) is 2.52. The molecule has 0 spiro atoms. The second-order valence-corrected chi connectivity index (χ2v) is 6.01. The van der Waals surface area contributed by atoms with Gasteiger partial charge < -0.3 is 10.1 Å². The lowest BCUT2D eigenvalue weighted by Gasteiger charge is -2.09. The quantitative estimate of drug-likeness (QED) is 0.304. The minimum absolute atomic E-state index is 0.133. The fraction of sp³-hybridized carbons (Fsp3) is 0.111. The summed E-state index contributed by atoms with van der Waals surface area (Å²) in [6.45, 7) is -3.05. The Labute approximate surface area is 156 Å². The second-order valence-electron chi connectivity index (χ2n) is 4.94. The monoisotopic (exact) mass is 396 g/mol. The van der Waals surface area contributed by atoms with E-state index in [-0.39, 0.29) is 22.6 Å². The van der Waals surface area contributed by atoms with Crippen LogP contribution >= 0.6 is 11.8 Å². The zero-order chi connectivity index (χ0) is 19.8. The van der Waals surface area contributed by atoms with Crippen LogP contribution in [0.4, 0.5) is 23.2 Å². The number of para-hydroxylation sites is 1. The SMILES string of the molecule is N#C/C(=C\c1ccccc1OC(F)F)C(=O)Nc1ccc(SC(F)F)cc1. The standard InChI is InChI=1S/C18H12F4N2O2S/c19-17(20)26-15-4-2-1-3-11(15)9-12(10-23)16(25)24-13-5-7-14(8-6-13)27-18(21)22/h1-9,17-18H,(H,24,25)/b12-9+. The van der Waals surface area contributed by atoms with Crippen LogP contribution in [0.15, 0.2) is 59.0 Å². The van der Waals surface area contributed by atoms with Crippen molar-refractivity contribution in [3.05, 3.63) is 59.7 Å². The molecule has 9 heteroatoms. The highest BCUT2D eigenvalue weighted by molar-refractivity contribution is 7.99. The highest BCUT2D eigenvalue weighted by Crippen LogP contribution is 2.27. The summed E-state index contributed by atoms with van der Waals surface area (Å²) in [5, 5.41) is 11.6. The summed E-state index contributed by atoms with van der Waals surface area (Å²) < 4.78 is 53.8. The third-order valence-electron chi connectivity index (χ3n) is 3.14. The highest BCUT2D eigenvalue weighted by Gasteiger charge is 2.13. The number of hydrogen-bond donors (Lipinski definition) is 1. The molecule has 0 aliphatic carbocycles. The van der Waals surface area contributed by atoms with Crippen LogP contribution < -0.4 is 10.1 Å². The summed E-state index contributed by atoms with van der Waals surface area (Å²) in [5.74, 6) is -3.52. The van der Waals surface area contributed by atoms with Crippen molar-refractivity contribution in [2.45, 2.75) is 17.3 Å². The van der Waals surface area contributed by atoms with Crippen molar-refractivity contribution in [3.8, 4) is 11.8 Å². The number of anilines is 1. The van der Waals surface area contributed by atoms with Gasteiger partial charge in [0.2, 0.25) is 0 Å². The Morgan fingerprint density at radius 1 is 1.11 bits per heavy atom. The van der Waals surface area contributed by atoms with E-state index in [1.165, 1.54) is 48.5 Å². The van der Waals surface area contributed by atoms with Gasteiger partial charge in [0, 0.05) is 16.1 Å². The lowest BCUT2D eigenvalue weighted by atomic mass is 10.1. The first kappa shape index (κ1) is 20.3. The van der Waals surface area contributed by atoms with Crippen molar-refractivity contribution >= 4 is 29.4 Å². The van der Waals surface area contributed by atoms with Gasteiger partial charge in [0.15, 0.2) is 0 Å². The van der Waals surface area contributed by atoms with E-state index in [1.807, 2.05) is 0 Å². The molecule has 0 saturated heterocycles. The molecule has 0 radical (unpaired) electrons. The molecule has 0 unspecified atom stereocenters. The van der Waals surface area contributed by atoms with E-state index in [0.717, 1.165) is 6.08 Å². The van der Waals surface area contributed by atoms with Crippen molar-refractivity contribution in [2.24, 2.45) is 0 Å². The molecule has 4 nitrogen and oxygen atoms in total. The van der Waals surface area contributed by atoms with Gasteiger partial charge in [0.05, 0.1) is 0 Å². The number of ether oxygens (including phenoxy) is 1. The van der Waals surface area contributed by atoms with Gasteiger partial charge in [-0.2, -0.15) is 22.8 Å². The lowest BCUT2D eigenvalue weighted by Crippen LogP contribution is -2.13. The third kappa shape index (κ3) is 6.34. The summed E-state index contributed by atoms with van der Waals surface area (Å²) >= 11 is 0.360. The van der Waals surface area contributed by atoms with Gasteiger partial charge in [-0.3, -0.25) is 4.79 Å².